The van der Waals surface area contributed by atoms with E-state index in [1.807, 2.05) is 34.6 Å². The second kappa shape index (κ2) is 7.23. The Morgan fingerprint density at radius 1 is 1.24 bits per heavy atom. The van der Waals surface area contributed by atoms with Crippen LogP contribution in [0.1, 0.15) is 56.3 Å². The summed E-state index contributed by atoms with van der Waals surface area (Å²) in [5.41, 5.74) is 4.03. The molecule has 0 saturated carbocycles. The summed E-state index contributed by atoms with van der Waals surface area (Å²) in [5, 5.41) is 11.9. The van der Waals surface area contributed by atoms with Crippen LogP contribution in [0.3, 0.4) is 0 Å². The molecule has 0 spiro atoms. The van der Waals surface area contributed by atoms with Crippen molar-refractivity contribution in [2.24, 2.45) is 0 Å². The van der Waals surface area contributed by atoms with Crippen molar-refractivity contribution in [1.29, 1.82) is 0 Å². The van der Waals surface area contributed by atoms with E-state index < -0.39 is 18.0 Å². The topological polar surface area (TPSA) is 56.5 Å². The van der Waals surface area contributed by atoms with Crippen molar-refractivity contribution in [3.63, 3.8) is 0 Å². The SMILES string of the molecule is CCn1c(C)c(C)c2c(Cl)c(C(OC(C)(C)C)C(O)OC)c(C)nc21. The molecule has 2 unspecified atom stereocenters. The van der Waals surface area contributed by atoms with Gasteiger partial charge in [-0.1, -0.05) is 11.6 Å². The highest BCUT2D eigenvalue weighted by molar-refractivity contribution is 6.36. The molecule has 0 saturated heterocycles. The largest absolute Gasteiger partial charge is 0.366 e. The van der Waals surface area contributed by atoms with Gasteiger partial charge in [-0.3, -0.25) is 0 Å². The molecule has 0 aliphatic rings. The highest BCUT2D eigenvalue weighted by atomic mass is 35.5. The van der Waals surface area contributed by atoms with Crippen LogP contribution in [0.2, 0.25) is 5.02 Å². The number of methoxy groups -OCH3 is 1. The van der Waals surface area contributed by atoms with E-state index in [4.69, 9.17) is 26.1 Å². The maximum absolute atomic E-state index is 10.4. The smallest absolute Gasteiger partial charge is 0.185 e. The third-order valence-electron chi connectivity index (χ3n) is 4.50. The van der Waals surface area contributed by atoms with E-state index in [0.29, 0.717) is 10.6 Å². The Bertz CT molecular complexity index is 778. The number of nitrogens with zero attached hydrogens (tertiary/aromatic N) is 2. The highest BCUT2D eigenvalue weighted by Gasteiger charge is 2.32. The van der Waals surface area contributed by atoms with Gasteiger partial charge in [0.15, 0.2) is 6.29 Å². The zero-order valence-electron chi connectivity index (χ0n) is 16.4. The van der Waals surface area contributed by atoms with Gasteiger partial charge in [-0.2, -0.15) is 0 Å². The normalized spacial score (nSPS) is 15.0. The molecule has 1 N–H and O–H groups in total. The molecule has 5 nitrogen and oxygen atoms in total. The molecule has 2 aromatic heterocycles. The number of fused-ring (bicyclic) bond motifs is 1. The van der Waals surface area contributed by atoms with E-state index in [2.05, 4.69) is 18.4 Å². The maximum atomic E-state index is 10.4. The maximum Gasteiger partial charge on any atom is 0.185 e. The van der Waals surface area contributed by atoms with Gasteiger partial charge >= 0.3 is 0 Å². The summed E-state index contributed by atoms with van der Waals surface area (Å²) in [7, 11) is 1.45. The van der Waals surface area contributed by atoms with E-state index in [0.717, 1.165) is 34.5 Å². The summed E-state index contributed by atoms with van der Waals surface area (Å²) in [6, 6.07) is 0. The van der Waals surface area contributed by atoms with Crippen LogP contribution in [0.25, 0.3) is 11.0 Å². The zero-order valence-corrected chi connectivity index (χ0v) is 17.2. The van der Waals surface area contributed by atoms with E-state index in [-0.39, 0.29) is 0 Å². The molecule has 2 heterocycles. The lowest BCUT2D eigenvalue weighted by atomic mass is 10.0. The van der Waals surface area contributed by atoms with Crippen LogP contribution in [0.4, 0.5) is 0 Å². The van der Waals surface area contributed by atoms with Gasteiger partial charge in [0.2, 0.25) is 0 Å². The van der Waals surface area contributed by atoms with Crippen molar-refractivity contribution in [3.05, 3.63) is 27.5 Å². The summed E-state index contributed by atoms with van der Waals surface area (Å²) >= 11 is 6.82. The number of halogens is 1. The number of rotatable bonds is 5. The van der Waals surface area contributed by atoms with Gasteiger partial charge in [0.25, 0.3) is 0 Å². The molecule has 2 atom stereocenters. The first-order valence-corrected chi connectivity index (χ1v) is 8.95. The fraction of sp³-hybridized carbons (Fsp3) is 0.632. The zero-order chi connectivity index (χ0) is 19.1. The third-order valence-corrected chi connectivity index (χ3v) is 4.90. The molecule has 2 aromatic rings. The average molecular weight is 369 g/mol. The molecular weight excluding hydrogens is 340 g/mol. The van der Waals surface area contributed by atoms with Gasteiger partial charge in [0.1, 0.15) is 11.8 Å². The minimum Gasteiger partial charge on any atom is -0.366 e. The van der Waals surface area contributed by atoms with Crippen molar-refractivity contribution in [2.75, 3.05) is 7.11 Å². The van der Waals surface area contributed by atoms with Gasteiger partial charge in [-0.05, 0) is 54.0 Å². The predicted molar refractivity (Wildman–Crippen MR) is 101 cm³/mol. The fourth-order valence-corrected chi connectivity index (χ4v) is 3.69. The standard InChI is InChI=1S/C19H29ClN2O3/c1-9-22-12(4)10(2)13-15(20)14(11(3)21-17(13)22)16(18(23)24-8)25-19(5,6)7/h16,18,23H,9H2,1-8H3. The van der Waals surface area contributed by atoms with E-state index in [9.17, 15) is 5.11 Å². The molecule has 0 radical (unpaired) electrons. The van der Waals surface area contributed by atoms with E-state index in [1.165, 1.54) is 7.11 Å². The summed E-state index contributed by atoms with van der Waals surface area (Å²) in [4.78, 5) is 4.79. The van der Waals surface area contributed by atoms with Crippen molar-refractivity contribution >= 4 is 22.6 Å². The first-order chi connectivity index (χ1) is 11.5. The van der Waals surface area contributed by atoms with Crippen LogP contribution in [-0.4, -0.2) is 33.7 Å². The average Bonchev–Trinajstić information content (AvgIpc) is 2.75. The van der Waals surface area contributed by atoms with Crippen molar-refractivity contribution in [3.8, 4) is 0 Å². The number of hydrogen-bond donors (Lipinski definition) is 1. The lowest BCUT2D eigenvalue weighted by Gasteiger charge is -2.31. The quantitative estimate of drug-likeness (QED) is 0.792. The Morgan fingerprint density at radius 2 is 1.84 bits per heavy atom. The minimum absolute atomic E-state index is 0.477. The number of hydrogen-bond acceptors (Lipinski definition) is 4. The lowest BCUT2D eigenvalue weighted by molar-refractivity contribution is -0.198. The minimum atomic E-state index is -1.13. The van der Waals surface area contributed by atoms with Gasteiger partial charge in [-0.15, -0.1) is 0 Å². The van der Waals surface area contributed by atoms with Crippen LogP contribution >= 0.6 is 11.6 Å². The van der Waals surface area contributed by atoms with Crippen LogP contribution in [-0.2, 0) is 16.0 Å². The Labute approximate surface area is 154 Å². The number of ether oxygens (including phenoxy) is 2. The second-order valence-corrected chi connectivity index (χ2v) is 7.73. The van der Waals surface area contributed by atoms with Crippen molar-refractivity contribution < 1.29 is 14.6 Å². The van der Waals surface area contributed by atoms with Gasteiger partial charge in [0.05, 0.1) is 10.6 Å². The predicted octanol–water partition coefficient (Wildman–Crippen LogP) is 4.46. The molecule has 0 aromatic carbocycles. The molecule has 0 aliphatic heterocycles. The molecule has 6 heteroatoms. The van der Waals surface area contributed by atoms with Gasteiger partial charge < -0.3 is 19.1 Å². The lowest BCUT2D eigenvalue weighted by Crippen LogP contribution is -2.32. The summed E-state index contributed by atoms with van der Waals surface area (Å²) in [5.74, 6) is 0. The Balaban J connectivity index is 2.77. The Kier molecular flexibility index (Phi) is 5.84. The van der Waals surface area contributed by atoms with E-state index >= 15 is 0 Å². The van der Waals surface area contributed by atoms with Gasteiger partial charge in [-0.25, -0.2) is 4.98 Å². The second-order valence-electron chi connectivity index (χ2n) is 7.36. The fourth-order valence-electron chi connectivity index (χ4n) is 3.22. The summed E-state index contributed by atoms with van der Waals surface area (Å²) < 4.78 is 13.4. The number of aliphatic hydroxyl groups is 1. The summed E-state index contributed by atoms with van der Waals surface area (Å²) in [6.45, 7) is 14.7. The first-order valence-electron chi connectivity index (χ1n) is 8.57. The number of aliphatic hydroxyl groups excluding tert-OH is 1. The molecule has 2 rings (SSSR count). The van der Waals surface area contributed by atoms with Crippen LogP contribution in [0.5, 0.6) is 0 Å². The molecule has 0 bridgehead atoms. The number of aryl methyl sites for hydroxylation is 3. The first kappa shape index (κ1) is 20.2. The van der Waals surface area contributed by atoms with Crippen molar-refractivity contribution in [1.82, 2.24) is 9.55 Å². The molecule has 0 aliphatic carbocycles. The van der Waals surface area contributed by atoms with Crippen LogP contribution < -0.4 is 0 Å². The Hall–Kier alpha value is -1.14. The van der Waals surface area contributed by atoms with Crippen LogP contribution in [0, 0.1) is 20.8 Å². The van der Waals surface area contributed by atoms with Crippen LogP contribution in [0.15, 0.2) is 0 Å². The van der Waals surface area contributed by atoms with Crippen molar-refractivity contribution in [2.45, 2.75) is 73.0 Å². The monoisotopic (exact) mass is 368 g/mol. The summed E-state index contributed by atoms with van der Waals surface area (Å²) in [6.07, 6.45) is -1.86. The molecule has 140 valence electrons. The third kappa shape index (κ3) is 3.70. The molecular formula is C19H29ClN2O3. The molecule has 0 amide bonds. The highest BCUT2D eigenvalue weighted by Crippen LogP contribution is 2.40. The molecule has 0 fully saturated rings. The number of aromatic nitrogens is 2. The molecule has 25 heavy (non-hydrogen) atoms. The van der Waals surface area contributed by atoms with E-state index in [1.54, 1.807) is 0 Å². The number of pyridine rings is 1. The van der Waals surface area contributed by atoms with Gasteiger partial charge in [0, 0.05) is 36.0 Å². The Morgan fingerprint density at radius 3 is 2.32 bits per heavy atom.